The van der Waals surface area contributed by atoms with Crippen molar-refractivity contribution in [2.75, 3.05) is 45.3 Å². The minimum absolute atomic E-state index is 0.245. The summed E-state index contributed by atoms with van der Waals surface area (Å²) in [6.45, 7) is 7.51. The number of nitrogens with zero attached hydrogens (tertiary/aromatic N) is 5. The van der Waals surface area contributed by atoms with Crippen LogP contribution in [0.15, 0.2) is 30.3 Å². The first-order valence-electron chi connectivity index (χ1n) is 12.3. The number of halogens is 3. The zero-order chi connectivity index (χ0) is 28.3. The second kappa shape index (κ2) is 11.6. The molecule has 38 heavy (non-hydrogen) atoms. The quantitative estimate of drug-likeness (QED) is 0.322. The first kappa shape index (κ1) is 29.2. The van der Waals surface area contributed by atoms with E-state index in [2.05, 4.69) is 10.00 Å². The first-order valence-corrected chi connectivity index (χ1v) is 12.3. The number of hydrogen-bond acceptors (Lipinski definition) is 7. The molecule has 0 unspecified atom stereocenters. The molecule has 0 bridgehead atoms. The van der Waals surface area contributed by atoms with Crippen LogP contribution in [0.3, 0.4) is 0 Å². The van der Waals surface area contributed by atoms with Crippen LogP contribution in [-0.2, 0) is 10.9 Å². The van der Waals surface area contributed by atoms with Crippen LogP contribution >= 0.6 is 0 Å². The Morgan fingerprint density at radius 2 is 1.82 bits per heavy atom. The van der Waals surface area contributed by atoms with Crippen LogP contribution in [0.5, 0.6) is 5.75 Å². The molecular formula is C25H35F3N6O4. The molecular weight excluding hydrogens is 505 g/mol. The zero-order valence-corrected chi connectivity index (χ0v) is 22.3. The fraction of sp³-hybridized carbons (Fsp3) is 0.560. The number of rotatable bonds is 7. The number of piperidine rings is 1. The van der Waals surface area contributed by atoms with Crippen molar-refractivity contribution in [1.82, 2.24) is 19.6 Å². The second-order valence-corrected chi connectivity index (χ2v) is 10.2. The molecule has 1 aliphatic heterocycles. The number of amides is 2. The maximum absolute atomic E-state index is 13.5. The molecule has 1 aromatic carbocycles. The summed E-state index contributed by atoms with van der Waals surface area (Å²) in [7, 11) is 3.11. The number of methoxy groups -OCH3 is 1. The van der Waals surface area contributed by atoms with E-state index in [-0.39, 0.29) is 11.4 Å². The van der Waals surface area contributed by atoms with E-state index in [0.717, 1.165) is 15.8 Å². The van der Waals surface area contributed by atoms with Gasteiger partial charge >= 0.3 is 12.3 Å². The van der Waals surface area contributed by atoms with Crippen molar-refractivity contribution < 1.29 is 32.2 Å². The normalized spacial score (nSPS) is 15.3. The molecule has 0 radical (unpaired) electrons. The third-order valence-corrected chi connectivity index (χ3v) is 6.16. The van der Waals surface area contributed by atoms with Crippen molar-refractivity contribution in [3.05, 3.63) is 41.7 Å². The fourth-order valence-corrected chi connectivity index (χ4v) is 4.08. The molecule has 0 spiro atoms. The van der Waals surface area contributed by atoms with Crippen molar-refractivity contribution in [2.24, 2.45) is 5.84 Å². The van der Waals surface area contributed by atoms with Crippen LogP contribution in [-0.4, -0.2) is 77.5 Å². The molecule has 0 atom stereocenters. The highest BCUT2D eigenvalue weighted by atomic mass is 19.4. The number of hydrogen-bond donors (Lipinski definition) is 1. The number of nitrogens with two attached hydrogens (primary N) is 1. The van der Waals surface area contributed by atoms with E-state index in [0.29, 0.717) is 44.8 Å². The van der Waals surface area contributed by atoms with Crippen LogP contribution < -0.4 is 15.6 Å². The summed E-state index contributed by atoms with van der Waals surface area (Å²) in [6, 6.07) is 6.66. The topological polar surface area (TPSA) is 106 Å². The maximum atomic E-state index is 13.5. The van der Waals surface area contributed by atoms with Crippen molar-refractivity contribution in [3.63, 3.8) is 0 Å². The van der Waals surface area contributed by atoms with Gasteiger partial charge in [-0.3, -0.25) is 9.48 Å². The van der Waals surface area contributed by atoms with E-state index in [1.165, 1.54) is 18.1 Å². The standard InChI is InChI=1S/C25H35F3N6O4/c1-24(2,3)38-23(36)31(4)13-14-32-11-9-17(10-12-32)34-20(16-21(30-34)25(26,27)28)22(35)33(29)18-7-6-8-19(15-18)37-5/h6-8,15-17H,9-14,29H2,1-5H3. The van der Waals surface area contributed by atoms with Gasteiger partial charge in [-0.2, -0.15) is 18.3 Å². The molecule has 210 valence electrons. The Morgan fingerprint density at radius 1 is 1.16 bits per heavy atom. The Hall–Kier alpha value is -3.32. The van der Waals surface area contributed by atoms with Crippen LogP contribution in [0.25, 0.3) is 0 Å². The van der Waals surface area contributed by atoms with Gasteiger partial charge in [-0.05, 0) is 45.7 Å². The lowest BCUT2D eigenvalue weighted by atomic mass is 10.0. The van der Waals surface area contributed by atoms with Crippen molar-refractivity contribution in [1.29, 1.82) is 0 Å². The number of likely N-dealkylation sites (tertiary alicyclic amines) is 1. The largest absolute Gasteiger partial charge is 0.497 e. The third-order valence-electron chi connectivity index (χ3n) is 6.16. The molecule has 3 rings (SSSR count). The van der Waals surface area contributed by atoms with E-state index in [4.69, 9.17) is 15.3 Å². The van der Waals surface area contributed by atoms with Crippen molar-refractivity contribution >= 4 is 17.7 Å². The van der Waals surface area contributed by atoms with Gasteiger partial charge in [0.1, 0.15) is 17.0 Å². The van der Waals surface area contributed by atoms with Gasteiger partial charge in [-0.25, -0.2) is 15.6 Å². The molecule has 2 N–H and O–H groups in total. The maximum Gasteiger partial charge on any atom is 0.435 e. The molecule has 2 aromatic rings. The smallest absolute Gasteiger partial charge is 0.435 e. The minimum atomic E-state index is -4.72. The number of carbonyl (C=O) groups excluding carboxylic acids is 2. The van der Waals surface area contributed by atoms with E-state index in [9.17, 15) is 22.8 Å². The zero-order valence-electron chi connectivity index (χ0n) is 22.3. The molecule has 0 aliphatic carbocycles. The van der Waals surface area contributed by atoms with Gasteiger partial charge in [0.15, 0.2) is 5.69 Å². The van der Waals surface area contributed by atoms with Gasteiger partial charge in [0, 0.05) is 45.4 Å². The lowest BCUT2D eigenvalue weighted by molar-refractivity contribution is -0.141. The molecule has 13 heteroatoms. The Balaban J connectivity index is 1.70. The monoisotopic (exact) mass is 540 g/mol. The Kier molecular flexibility index (Phi) is 8.93. The van der Waals surface area contributed by atoms with Crippen LogP contribution in [0, 0.1) is 0 Å². The highest BCUT2D eigenvalue weighted by molar-refractivity contribution is 6.04. The van der Waals surface area contributed by atoms with Gasteiger partial charge in [-0.15, -0.1) is 0 Å². The molecule has 1 fully saturated rings. The summed E-state index contributed by atoms with van der Waals surface area (Å²) in [5.41, 5.74) is -1.73. The van der Waals surface area contributed by atoms with E-state index < -0.39 is 35.5 Å². The number of likely N-dealkylation sites (N-methyl/N-ethyl adjacent to an activating group) is 1. The van der Waals surface area contributed by atoms with Gasteiger partial charge < -0.3 is 19.3 Å². The summed E-state index contributed by atoms with van der Waals surface area (Å²) in [6.07, 6.45) is -4.20. The average Bonchev–Trinajstić information content (AvgIpc) is 3.32. The number of anilines is 1. The first-order chi connectivity index (χ1) is 17.7. The Bertz CT molecular complexity index is 1120. The number of aromatic nitrogens is 2. The number of carbonyl (C=O) groups is 2. The van der Waals surface area contributed by atoms with Gasteiger partial charge in [-0.1, -0.05) is 6.07 Å². The number of benzene rings is 1. The minimum Gasteiger partial charge on any atom is -0.497 e. The SMILES string of the molecule is COc1cccc(N(N)C(=O)c2cc(C(F)(F)F)nn2C2CCN(CCN(C)C(=O)OC(C)(C)C)CC2)c1. The van der Waals surface area contributed by atoms with E-state index in [1.54, 1.807) is 46.0 Å². The molecule has 2 amide bonds. The number of alkyl halides is 3. The molecule has 1 saturated heterocycles. The predicted octanol–water partition coefficient (Wildman–Crippen LogP) is 3.93. The molecule has 0 saturated carbocycles. The Labute approximate surface area is 220 Å². The molecule has 2 heterocycles. The van der Waals surface area contributed by atoms with Crippen LogP contribution in [0.4, 0.5) is 23.7 Å². The average molecular weight is 541 g/mol. The highest BCUT2D eigenvalue weighted by Gasteiger charge is 2.38. The van der Waals surface area contributed by atoms with Crippen LogP contribution in [0.2, 0.25) is 0 Å². The van der Waals surface area contributed by atoms with Gasteiger partial charge in [0.05, 0.1) is 18.8 Å². The lowest BCUT2D eigenvalue weighted by Crippen LogP contribution is -2.43. The van der Waals surface area contributed by atoms with Gasteiger partial charge in [0.2, 0.25) is 0 Å². The number of ether oxygens (including phenoxy) is 2. The molecule has 1 aliphatic rings. The fourth-order valence-electron chi connectivity index (χ4n) is 4.08. The van der Waals surface area contributed by atoms with E-state index >= 15 is 0 Å². The van der Waals surface area contributed by atoms with Gasteiger partial charge in [0.25, 0.3) is 5.91 Å². The Morgan fingerprint density at radius 3 is 2.39 bits per heavy atom. The summed E-state index contributed by atoms with van der Waals surface area (Å²) < 4.78 is 52.3. The van der Waals surface area contributed by atoms with Crippen molar-refractivity contribution in [3.8, 4) is 5.75 Å². The number of hydrazine groups is 1. The van der Waals surface area contributed by atoms with Crippen LogP contribution in [0.1, 0.15) is 55.8 Å². The lowest BCUT2D eigenvalue weighted by Gasteiger charge is -2.34. The third kappa shape index (κ3) is 7.38. The molecule has 10 nitrogen and oxygen atoms in total. The summed E-state index contributed by atoms with van der Waals surface area (Å²) in [5, 5.41) is 4.56. The van der Waals surface area contributed by atoms with Crippen molar-refractivity contribution in [2.45, 2.75) is 51.4 Å². The predicted molar refractivity (Wildman–Crippen MR) is 135 cm³/mol. The summed E-state index contributed by atoms with van der Waals surface area (Å²) in [5.74, 6) is 5.65. The van der Waals surface area contributed by atoms with E-state index in [1.807, 2.05) is 0 Å². The summed E-state index contributed by atoms with van der Waals surface area (Å²) in [4.78, 5) is 29.0. The second-order valence-electron chi connectivity index (χ2n) is 10.2. The molecule has 1 aromatic heterocycles. The summed E-state index contributed by atoms with van der Waals surface area (Å²) >= 11 is 0. The highest BCUT2D eigenvalue weighted by Crippen LogP contribution is 2.32.